The van der Waals surface area contributed by atoms with Gasteiger partial charge in [-0.25, -0.2) is 4.98 Å². The molecule has 1 saturated heterocycles. The summed E-state index contributed by atoms with van der Waals surface area (Å²) in [4.78, 5) is 4.64. The summed E-state index contributed by atoms with van der Waals surface area (Å²) in [6.07, 6.45) is 6.23. The minimum absolute atomic E-state index is 0.380. The molecule has 0 saturated carbocycles. The van der Waals surface area contributed by atoms with Crippen molar-refractivity contribution in [3.63, 3.8) is 0 Å². The molecule has 0 radical (unpaired) electrons. The Bertz CT molecular complexity index is 670. The normalized spacial score (nSPS) is 18.4. The Labute approximate surface area is 138 Å². The van der Waals surface area contributed by atoms with Crippen molar-refractivity contribution in [2.45, 2.75) is 45.6 Å². The molecular formula is C19H26N2O2. The summed E-state index contributed by atoms with van der Waals surface area (Å²) in [7, 11) is 1.74. The van der Waals surface area contributed by atoms with Crippen molar-refractivity contribution in [3.8, 4) is 17.1 Å². The Hall–Kier alpha value is -1.81. The Balaban J connectivity index is 2.05. The van der Waals surface area contributed by atoms with E-state index >= 15 is 0 Å². The molecule has 4 heteroatoms. The molecule has 4 nitrogen and oxygen atoms in total. The SMILES string of the molecule is COc1cc(C)c(-c2nccn2[C@H]2CCCOC2)cc1C(C)C. The third kappa shape index (κ3) is 3.13. The highest BCUT2D eigenvalue weighted by Gasteiger charge is 2.21. The molecule has 0 aliphatic carbocycles. The molecule has 1 aliphatic rings. The second kappa shape index (κ2) is 6.75. The molecular weight excluding hydrogens is 288 g/mol. The molecule has 1 aromatic heterocycles. The zero-order valence-electron chi connectivity index (χ0n) is 14.5. The van der Waals surface area contributed by atoms with E-state index in [0.29, 0.717) is 12.0 Å². The summed E-state index contributed by atoms with van der Waals surface area (Å²) in [6, 6.07) is 4.74. The molecule has 1 atom stereocenters. The fourth-order valence-corrected chi connectivity index (χ4v) is 3.33. The number of rotatable bonds is 4. The summed E-state index contributed by atoms with van der Waals surface area (Å²) in [5.41, 5.74) is 3.60. The number of aryl methyl sites for hydroxylation is 1. The van der Waals surface area contributed by atoms with Gasteiger partial charge < -0.3 is 14.0 Å². The van der Waals surface area contributed by atoms with Gasteiger partial charge in [0.1, 0.15) is 11.6 Å². The van der Waals surface area contributed by atoms with Crippen LogP contribution < -0.4 is 4.74 Å². The molecule has 3 rings (SSSR count). The molecule has 1 aliphatic heterocycles. The van der Waals surface area contributed by atoms with Crippen molar-refractivity contribution >= 4 is 0 Å². The molecule has 0 bridgehead atoms. The quantitative estimate of drug-likeness (QED) is 0.842. The average molecular weight is 314 g/mol. The van der Waals surface area contributed by atoms with Crippen LogP contribution >= 0.6 is 0 Å². The summed E-state index contributed by atoms with van der Waals surface area (Å²) in [6.45, 7) is 8.16. The van der Waals surface area contributed by atoms with Crippen LogP contribution in [0.15, 0.2) is 24.5 Å². The second-order valence-electron chi connectivity index (χ2n) is 6.59. The van der Waals surface area contributed by atoms with E-state index in [9.17, 15) is 0 Å². The van der Waals surface area contributed by atoms with E-state index in [0.717, 1.165) is 37.6 Å². The Morgan fingerprint density at radius 3 is 2.83 bits per heavy atom. The molecule has 2 aromatic rings. The Morgan fingerprint density at radius 1 is 1.35 bits per heavy atom. The zero-order chi connectivity index (χ0) is 16.4. The third-order valence-electron chi connectivity index (χ3n) is 4.64. The lowest BCUT2D eigenvalue weighted by molar-refractivity contribution is 0.0597. The van der Waals surface area contributed by atoms with Crippen molar-refractivity contribution < 1.29 is 9.47 Å². The molecule has 0 unspecified atom stereocenters. The van der Waals surface area contributed by atoms with Crippen LogP contribution in [0.4, 0.5) is 0 Å². The van der Waals surface area contributed by atoms with E-state index in [-0.39, 0.29) is 0 Å². The Kier molecular flexibility index (Phi) is 4.71. The van der Waals surface area contributed by atoms with Gasteiger partial charge in [0, 0.05) is 24.6 Å². The molecule has 0 N–H and O–H groups in total. The number of methoxy groups -OCH3 is 1. The number of aromatic nitrogens is 2. The lowest BCUT2D eigenvalue weighted by Crippen LogP contribution is -2.21. The molecule has 0 spiro atoms. The number of benzene rings is 1. The van der Waals surface area contributed by atoms with Gasteiger partial charge in [0.15, 0.2) is 0 Å². The van der Waals surface area contributed by atoms with E-state index < -0.39 is 0 Å². The Morgan fingerprint density at radius 2 is 2.17 bits per heavy atom. The van der Waals surface area contributed by atoms with Gasteiger partial charge in [-0.15, -0.1) is 0 Å². The molecule has 1 fully saturated rings. The monoisotopic (exact) mass is 314 g/mol. The first-order valence-corrected chi connectivity index (χ1v) is 8.41. The maximum absolute atomic E-state index is 5.66. The zero-order valence-corrected chi connectivity index (χ0v) is 14.5. The first-order chi connectivity index (χ1) is 11.1. The van der Waals surface area contributed by atoms with Gasteiger partial charge in [-0.1, -0.05) is 13.8 Å². The average Bonchev–Trinajstić information content (AvgIpc) is 3.04. The number of nitrogens with zero attached hydrogens (tertiary/aromatic N) is 2. The van der Waals surface area contributed by atoms with E-state index in [2.05, 4.69) is 48.7 Å². The predicted molar refractivity (Wildman–Crippen MR) is 92.1 cm³/mol. The second-order valence-corrected chi connectivity index (χ2v) is 6.59. The topological polar surface area (TPSA) is 36.3 Å². The van der Waals surface area contributed by atoms with Crippen LogP contribution in [-0.2, 0) is 4.74 Å². The van der Waals surface area contributed by atoms with Gasteiger partial charge in [-0.05, 0) is 48.9 Å². The molecule has 124 valence electrons. The van der Waals surface area contributed by atoms with Gasteiger partial charge in [0.25, 0.3) is 0 Å². The van der Waals surface area contributed by atoms with Crippen LogP contribution in [0.2, 0.25) is 0 Å². The summed E-state index contributed by atoms with van der Waals surface area (Å²) < 4.78 is 13.5. The van der Waals surface area contributed by atoms with Gasteiger partial charge in [0.2, 0.25) is 0 Å². The van der Waals surface area contributed by atoms with E-state index in [1.165, 1.54) is 16.7 Å². The van der Waals surface area contributed by atoms with Crippen LogP contribution in [0, 0.1) is 6.92 Å². The van der Waals surface area contributed by atoms with Crippen molar-refractivity contribution in [2.75, 3.05) is 20.3 Å². The maximum atomic E-state index is 5.66. The van der Waals surface area contributed by atoms with Crippen LogP contribution in [0.25, 0.3) is 11.4 Å². The minimum Gasteiger partial charge on any atom is -0.496 e. The highest BCUT2D eigenvalue weighted by atomic mass is 16.5. The number of hydrogen-bond donors (Lipinski definition) is 0. The fourth-order valence-electron chi connectivity index (χ4n) is 3.33. The van der Waals surface area contributed by atoms with Crippen LogP contribution in [-0.4, -0.2) is 29.9 Å². The number of ether oxygens (including phenoxy) is 2. The van der Waals surface area contributed by atoms with Crippen molar-refractivity contribution in [3.05, 3.63) is 35.7 Å². The third-order valence-corrected chi connectivity index (χ3v) is 4.64. The lowest BCUT2D eigenvalue weighted by Gasteiger charge is -2.25. The van der Waals surface area contributed by atoms with E-state index in [1.807, 2.05) is 6.20 Å². The first-order valence-electron chi connectivity index (χ1n) is 8.41. The number of hydrogen-bond acceptors (Lipinski definition) is 3. The first kappa shape index (κ1) is 16.1. The van der Waals surface area contributed by atoms with Crippen molar-refractivity contribution in [1.82, 2.24) is 9.55 Å². The van der Waals surface area contributed by atoms with E-state index in [4.69, 9.17) is 9.47 Å². The molecule has 0 amide bonds. The number of imidazole rings is 1. The molecule has 23 heavy (non-hydrogen) atoms. The summed E-state index contributed by atoms with van der Waals surface area (Å²) in [5.74, 6) is 2.40. The van der Waals surface area contributed by atoms with Crippen LogP contribution in [0.3, 0.4) is 0 Å². The van der Waals surface area contributed by atoms with Gasteiger partial charge in [-0.2, -0.15) is 0 Å². The molecule has 2 heterocycles. The van der Waals surface area contributed by atoms with Crippen molar-refractivity contribution in [2.24, 2.45) is 0 Å². The van der Waals surface area contributed by atoms with Gasteiger partial charge in [-0.3, -0.25) is 0 Å². The smallest absolute Gasteiger partial charge is 0.140 e. The highest BCUT2D eigenvalue weighted by Crippen LogP contribution is 2.35. The summed E-state index contributed by atoms with van der Waals surface area (Å²) in [5, 5.41) is 0. The predicted octanol–water partition coefficient (Wildman–Crippen LogP) is 4.34. The van der Waals surface area contributed by atoms with Gasteiger partial charge in [0.05, 0.1) is 19.8 Å². The molecule has 1 aromatic carbocycles. The maximum Gasteiger partial charge on any atom is 0.140 e. The summed E-state index contributed by atoms with van der Waals surface area (Å²) >= 11 is 0. The van der Waals surface area contributed by atoms with E-state index in [1.54, 1.807) is 7.11 Å². The fraction of sp³-hybridized carbons (Fsp3) is 0.526. The van der Waals surface area contributed by atoms with Crippen molar-refractivity contribution in [1.29, 1.82) is 0 Å². The minimum atomic E-state index is 0.380. The standard InChI is InChI=1S/C19H26N2O2/c1-13(2)16-11-17(14(3)10-18(16)22-4)19-20-7-8-21(19)15-6-5-9-23-12-15/h7-8,10-11,13,15H,5-6,9,12H2,1-4H3/t15-/m0/s1. The highest BCUT2D eigenvalue weighted by molar-refractivity contribution is 5.65. The van der Waals surface area contributed by atoms with Gasteiger partial charge >= 0.3 is 0 Å². The largest absolute Gasteiger partial charge is 0.496 e. The van der Waals surface area contributed by atoms with Crippen LogP contribution in [0.5, 0.6) is 5.75 Å². The van der Waals surface area contributed by atoms with Crippen LogP contribution in [0.1, 0.15) is 49.8 Å². The lowest BCUT2D eigenvalue weighted by atomic mass is 9.96.